The maximum atomic E-state index is 11.9. The zero-order chi connectivity index (χ0) is 13.0. The number of rotatable bonds is 5. The fourth-order valence-corrected chi connectivity index (χ4v) is 2.56. The highest BCUT2D eigenvalue weighted by atomic mass is 32.1. The molecule has 0 aromatic carbocycles. The summed E-state index contributed by atoms with van der Waals surface area (Å²) in [5, 5.41) is 11.5. The third-order valence-electron chi connectivity index (χ3n) is 2.47. The zero-order valence-corrected chi connectivity index (χ0v) is 11.1. The molecule has 17 heavy (non-hydrogen) atoms. The molecule has 1 amide bonds. The van der Waals surface area contributed by atoms with Crippen LogP contribution in [0.15, 0.2) is 6.07 Å². The number of aryl methyl sites for hydroxylation is 2. The largest absolute Gasteiger partial charge is 0.480 e. The Hall–Kier alpha value is -1.36. The van der Waals surface area contributed by atoms with Gasteiger partial charge in [-0.2, -0.15) is 0 Å². The van der Waals surface area contributed by atoms with E-state index in [1.54, 1.807) is 6.07 Å². The number of aliphatic carboxylic acids is 1. The average Bonchev–Trinajstić information content (AvgIpc) is 2.57. The van der Waals surface area contributed by atoms with Crippen LogP contribution in [0.4, 0.5) is 0 Å². The van der Waals surface area contributed by atoms with Crippen molar-refractivity contribution in [3.8, 4) is 0 Å². The molecule has 2 N–H and O–H groups in total. The molecule has 0 bridgehead atoms. The molecule has 1 heterocycles. The van der Waals surface area contributed by atoms with Crippen molar-refractivity contribution < 1.29 is 14.7 Å². The van der Waals surface area contributed by atoms with Crippen LogP contribution in [0.1, 0.15) is 39.9 Å². The first kappa shape index (κ1) is 13.7. The van der Waals surface area contributed by atoms with Gasteiger partial charge in [0.25, 0.3) is 5.91 Å². The lowest BCUT2D eigenvalue weighted by molar-refractivity contribution is -0.139. The van der Waals surface area contributed by atoms with E-state index in [1.807, 2.05) is 20.8 Å². The van der Waals surface area contributed by atoms with E-state index in [0.717, 1.165) is 16.2 Å². The molecule has 1 rings (SSSR count). The second-order valence-electron chi connectivity index (χ2n) is 3.98. The lowest BCUT2D eigenvalue weighted by Crippen LogP contribution is -2.40. The predicted octanol–water partition coefficient (Wildman–Crippen LogP) is 2.35. The molecule has 5 heteroatoms. The van der Waals surface area contributed by atoms with Gasteiger partial charge in [-0.05, 0) is 26.3 Å². The van der Waals surface area contributed by atoms with Gasteiger partial charge in [0.2, 0.25) is 0 Å². The van der Waals surface area contributed by atoms with Crippen LogP contribution in [0.25, 0.3) is 0 Å². The van der Waals surface area contributed by atoms with Crippen molar-refractivity contribution in [2.75, 3.05) is 0 Å². The minimum absolute atomic E-state index is 0.298. The first-order valence-electron chi connectivity index (χ1n) is 5.56. The molecule has 0 unspecified atom stereocenters. The number of carbonyl (C=O) groups is 2. The first-order valence-corrected chi connectivity index (χ1v) is 6.38. The van der Waals surface area contributed by atoms with Crippen LogP contribution < -0.4 is 5.32 Å². The maximum absolute atomic E-state index is 11.9. The number of hydrogen-bond donors (Lipinski definition) is 2. The highest BCUT2D eigenvalue weighted by molar-refractivity contribution is 7.12. The van der Waals surface area contributed by atoms with Crippen molar-refractivity contribution in [1.29, 1.82) is 0 Å². The summed E-state index contributed by atoms with van der Waals surface area (Å²) in [5.74, 6) is -1.28. The topological polar surface area (TPSA) is 66.4 Å². The van der Waals surface area contributed by atoms with E-state index in [2.05, 4.69) is 5.32 Å². The van der Waals surface area contributed by atoms with Gasteiger partial charge in [-0.3, -0.25) is 4.79 Å². The summed E-state index contributed by atoms with van der Waals surface area (Å²) in [6, 6.07) is 0.993. The lowest BCUT2D eigenvalue weighted by atomic mass is 10.1. The molecule has 94 valence electrons. The summed E-state index contributed by atoms with van der Waals surface area (Å²) in [7, 11) is 0. The molecule has 0 aliphatic carbocycles. The van der Waals surface area contributed by atoms with E-state index in [4.69, 9.17) is 5.11 Å². The van der Waals surface area contributed by atoms with Gasteiger partial charge in [-0.25, -0.2) is 4.79 Å². The van der Waals surface area contributed by atoms with Crippen molar-refractivity contribution in [3.63, 3.8) is 0 Å². The van der Waals surface area contributed by atoms with Gasteiger partial charge in [0.05, 0.1) is 5.56 Å². The Balaban J connectivity index is 2.77. The van der Waals surface area contributed by atoms with Crippen LogP contribution in [0, 0.1) is 13.8 Å². The van der Waals surface area contributed by atoms with Crippen molar-refractivity contribution >= 4 is 23.2 Å². The van der Waals surface area contributed by atoms with Crippen molar-refractivity contribution in [2.24, 2.45) is 0 Å². The summed E-state index contributed by atoms with van der Waals surface area (Å²) in [6.07, 6.45) is 1.17. The van der Waals surface area contributed by atoms with E-state index in [1.165, 1.54) is 11.3 Å². The van der Waals surface area contributed by atoms with Gasteiger partial charge in [-0.1, -0.05) is 13.3 Å². The van der Waals surface area contributed by atoms with Crippen molar-refractivity contribution in [3.05, 3.63) is 21.4 Å². The van der Waals surface area contributed by atoms with Gasteiger partial charge in [-0.15, -0.1) is 11.3 Å². The summed E-state index contributed by atoms with van der Waals surface area (Å²) in [4.78, 5) is 24.8. The molecule has 0 aliphatic rings. The van der Waals surface area contributed by atoms with Crippen LogP contribution in [0.3, 0.4) is 0 Å². The molecule has 0 radical (unpaired) electrons. The quantitative estimate of drug-likeness (QED) is 0.848. The summed E-state index contributed by atoms with van der Waals surface area (Å²) >= 11 is 1.54. The summed E-state index contributed by atoms with van der Waals surface area (Å²) < 4.78 is 0. The summed E-state index contributed by atoms with van der Waals surface area (Å²) in [5.41, 5.74) is 0.579. The van der Waals surface area contributed by atoms with Gasteiger partial charge < -0.3 is 10.4 Å². The van der Waals surface area contributed by atoms with Gasteiger partial charge in [0.15, 0.2) is 0 Å². The third-order valence-corrected chi connectivity index (χ3v) is 3.43. The SMILES string of the molecule is CCC[C@H](NC(=O)c1cc(C)sc1C)C(=O)O. The number of nitrogens with one attached hydrogen (secondary N) is 1. The smallest absolute Gasteiger partial charge is 0.326 e. The van der Waals surface area contributed by atoms with Gasteiger partial charge in [0, 0.05) is 9.75 Å². The van der Waals surface area contributed by atoms with Crippen LogP contribution in [-0.4, -0.2) is 23.0 Å². The van der Waals surface area contributed by atoms with Crippen molar-refractivity contribution in [2.45, 2.75) is 39.7 Å². The average molecular weight is 255 g/mol. The van der Waals surface area contributed by atoms with E-state index in [9.17, 15) is 9.59 Å². The normalized spacial score (nSPS) is 12.2. The Labute approximate surface area is 105 Å². The molecule has 0 saturated carbocycles. The first-order chi connectivity index (χ1) is 7.95. The predicted molar refractivity (Wildman–Crippen MR) is 67.6 cm³/mol. The minimum atomic E-state index is -0.982. The number of carbonyl (C=O) groups excluding carboxylic acids is 1. The van der Waals surface area contributed by atoms with Crippen LogP contribution in [0.2, 0.25) is 0 Å². The molecule has 4 nitrogen and oxygen atoms in total. The molecule has 0 fully saturated rings. The molecule has 1 aromatic heterocycles. The Morgan fingerprint density at radius 3 is 2.53 bits per heavy atom. The van der Waals surface area contributed by atoms with E-state index >= 15 is 0 Å². The van der Waals surface area contributed by atoms with Crippen molar-refractivity contribution in [1.82, 2.24) is 5.32 Å². The van der Waals surface area contributed by atoms with E-state index < -0.39 is 12.0 Å². The second kappa shape index (κ2) is 5.82. The van der Waals surface area contributed by atoms with E-state index in [0.29, 0.717) is 12.0 Å². The molecule has 1 aromatic rings. The van der Waals surface area contributed by atoms with Gasteiger partial charge >= 0.3 is 5.97 Å². The Morgan fingerprint density at radius 1 is 1.47 bits per heavy atom. The summed E-state index contributed by atoms with van der Waals surface area (Å²) in [6.45, 7) is 5.68. The number of carboxylic acids is 1. The van der Waals surface area contributed by atoms with E-state index in [-0.39, 0.29) is 5.91 Å². The highest BCUT2D eigenvalue weighted by Crippen LogP contribution is 2.20. The van der Waals surface area contributed by atoms with Crippen LogP contribution in [-0.2, 0) is 4.79 Å². The monoisotopic (exact) mass is 255 g/mol. The second-order valence-corrected chi connectivity index (χ2v) is 5.44. The Morgan fingerprint density at radius 2 is 2.12 bits per heavy atom. The molecular formula is C12H17NO3S. The van der Waals surface area contributed by atoms with Gasteiger partial charge in [0.1, 0.15) is 6.04 Å². The molecule has 0 spiro atoms. The Kier molecular flexibility index (Phi) is 4.69. The molecule has 0 saturated heterocycles. The maximum Gasteiger partial charge on any atom is 0.326 e. The highest BCUT2D eigenvalue weighted by Gasteiger charge is 2.21. The number of hydrogen-bond acceptors (Lipinski definition) is 3. The number of thiophene rings is 1. The molecular weight excluding hydrogens is 238 g/mol. The van der Waals surface area contributed by atoms with Crippen LogP contribution >= 0.6 is 11.3 Å². The standard InChI is InChI=1S/C12H17NO3S/c1-4-5-10(12(15)16)13-11(14)9-6-7(2)17-8(9)3/h6,10H,4-5H2,1-3H3,(H,13,14)(H,15,16)/t10-/m0/s1. The zero-order valence-electron chi connectivity index (χ0n) is 10.2. The lowest BCUT2D eigenvalue weighted by Gasteiger charge is -2.13. The Bertz CT molecular complexity index is 425. The molecule has 0 aliphatic heterocycles. The molecule has 1 atom stereocenters. The fourth-order valence-electron chi connectivity index (χ4n) is 1.64. The third kappa shape index (κ3) is 3.56. The number of amides is 1. The van der Waals surface area contributed by atoms with Crippen LogP contribution in [0.5, 0.6) is 0 Å². The minimum Gasteiger partial charge on any atom is -0.480 e. The fraction of sp³-hybridized carbons (Fsp3) is 0.500. The number of carboxylic acid groups (broad SMARTS) is 1.